The number of benzene rings is 2. The number of ether oxygens (including phenoxy) is 1. The number of thioether (sulfide) groups is 1. The Morgan fingerprint density at radius 3 is 2.70 bits per heavy atom. The van der Waals surface area contributed by atoms with Crippen LogP contribution < -0.4 is 19.9 Å². The summed E-state index contributed by atoms with van der Waals surface area (Å²) in [6.07, 6.45) is 8.34. The molecule has 0 unspecified atom stereocenters. The van der Waals surface area contributed by atoms with Crippen LogP contribution >= 0.6 is 11.8 Å². The average molecular weight is 455 g/mol. The largest absolute Gasteiger partial charge is 0.443 e. The van der Waals surface area contributed by atoms with Crippen molar-refractivity contribution in [3.63, 3.8) is 0 Å². The van der Waals surface area contributed by atoms with Crippen molar-refractivity contribution in [2.24, 2.45) is 5.73 Å². The molecule has 0 aliphatic carbocycles. The lowest BCUT2D eigenvalue weighted by Gasteiger charge is -2.27. The van der Waals surface area contributed by atoms with Gasteiger partial charge in [0.1, 0.15) is 6.61 Å². The molecule has 0 amide bonds. The predicted molar refractivity (Wildman–Crippen MR) is 139 cm³/mol. The first-order chi connectivity index (χ1) is 16.2. The number of nitrogens with two attached hydrogens (primary N) is 1. The van der Waals surface area contributed by atoms with Crippen molar-refractivity contribution in [1.29, 1.82) is 0 Å². The van der Waals surface area contributed by atoms with Gasteiger partial charge in [-0.15, -0.1) is 4.57 Å². The molecule has 5 rings (SSSR count). The average Bonchev–Trinajstić information content (AvgIpc) is 3.21. The highest BCUT2D eigenvalue weighted by molar-refractivity contribution is 8.03. The molecule has 3 heterocycles. The Morgan fingerprint density at radius 2 is 1.94 bits per heavy atom. The van der Waals surface area contributed by atoms with Gasteiger partial charge in [-0.3, -0.25) is 0 Å². The Morgan fingerprint density at radius 1 is 1.09 bits per heavy atom. The van der Waals surface area contributed by atoms with E-state index in [2.05, 4.69) is 65.1 Å². The zero-order valence-electron chi connectivity index (χ0n) is 18.7. The first-order valence-electron chi connectivity index (χ1n) is 11.3. The van der Waals surface area contributed by atoms with E-state index in [4.69, 9.17) is 10.5 Å². The third-order valence-electron chi connectivity index (χ3n) is 6.05. The number of rotatable bonds is 7. The molecule has 0 radical (unpaired) electrons. The normalized spacial score (nSPS) is 15.4. The monoisotopic (exact) mass is 454 g/mol. The second-order valence-corrected chi connectivity index (χ2v) is 9.12. The van der Waals surface area contributed by atoms with Gasteiger partial charge in [0.2, 0.25) is 11.4 Å². The van der Waals surface area contributed by atoms with Crippen LogP contribution in [0, 0.1) is 0 Å². The van der Waals surface area contributed by atoms with Crippen LogP contribution in [0.3, 0.4) is 0 Å². The lowest BCUT2D eigenvalue weighted by atomic mass is 10.0. The van der Waals surface area contributed by atoms with Gasteiger partial charge in [-0.1, -0.05) is 61.3 Å². The van der Waals surface area contributed by atoms with E-state index in [-0.39, 0.29) is 0 Å². The highest BCUT2D eigenvalue weighted by Gasteiger charge is 2.31. The Kier molecular flexibility index (Phi) is 6.07. The predicted octanol–water partition coefficient (Wildman–Crippen LogP) is 5.44. The molecule has 5 heteroatoms. The van der Waals surface area contributed by atoms with E-state index in [0.717, 1.165) is 47.8 Å². The summed E-state index contributed by atoms with van der Waals surface area (Å²) in [4.78, 5) is 3.79. The van der Waals surface area contributed by atoms with Gasteiger partial charge in [-0.05, 0) is 30.5 Å². The van der Waals surface area contributed by atoms with E-state index >= 15 is 0 Å². The van der Waals surface area contributed by atoms with Crippen molar-refractivity contribution < 1.29 is 9.30 Å². The van der Waals surface area contributed by atoms with Crippen LogP contribution in [0.1, 0.15) is 28.8 Å². The summed E-state index contributed by atoms with van der Waals surface area (Å²) in [5.41, 5.74) is 12.6. The Balaban J connectivity index is 1.68. The van der Waals surface area contributed by atoms with Crippen molar-refractivity contribution in [2.45, 2.75) is 17.7 Å². The summed E-state index contributed by atoms with van der Waals surface area (Å²) in [7, 11) is 0. The fraction of sp³-hybridized carbons (Fsp3) is 0.179. The second kappa shape index (κ2) is 9.30. The van der Waals surface area contributed by atoms with Crippen LogP contribution in [0.25, 0.3) is 23.9 Å². The van der Waals surface area contributed by atoms with Gasteiger partial charge < -0.3 is 15.4 Å². The molecule has 0 fully saturated rings. The number of anilines is 1. The van der Waals surface area contributed by atoms with Gasteiger partial charge in [0, 0.05) is 41.8 Å². The summed E-state index contributed by atoms with van der Waals surface area (Å²) in [6, 6.07) is 18.9. The van der Waals surface area contributed by atoms with Crippen molar-refractivity contribution in [1.82, 2.24) is 0 Å². The molecule has 2 aliphatic heterocycles. The van der Waals surface area contributed by atoms with Crippen LogP contribution in [-0.4, -0.2) is 19.7 Å². The Labute approximate surface area is 199 Å². The minimum absolute atomic E-state index is 0.433. The standard InChI is InChI=1S/C28H28N3OS/c1-3-23-21(19-27-30-16-9-11-20-10-8-14-25(33-27)28(20)30)18-26(32-17-15-29)31(24(23)4-2)22-12-6-5-7-13-22/h3-8,10,12-14,18-19H,1-2,9,11,15-17,29H2/q+1. The third-order valence-corrected chi connectivity index (χ3v) is 7.14. The maximum absolute atomic E-state index is 6.14. The topological polar surface area (TPSA) is 42.4 Å². The number of hydrogen-bond acceptors (Lipinski definition) is 4. The number of aromatic nitrogens is 1. The Hall–Kier alpha value is -3.28. The fourth-order valence-electron chi connectivity index (χ4n) is 4.64. The van der Waals surface area contributed by atoms with Gasteiger partial charge in [0.05, 0.1) is 22.3 Å². The van der Waals surface area contributed by atoms with Gasteiger partial charge in [0.25, 0.3) is 0 Å². The third kappa shape index (κ3) is 3.88. The van der Waals surface area contributed by atoms with Crippen molar-refractivity contribution in [3.8, 4) is 11.6 Å². The number of hydrogen-bond donors (Lipinski definition) is 1. The van der Waals surface area contributed by atoms with Gasteiger partial charge in [-0.2, -0.15) is 0 Å². The van der Waals surface area contributed by atoms with Gasteiger partial charge in [-0.25, -0.2) is 0 Å². The minimum atomic E-state index is 0.433. The molecule has 2 aromatic carbocycles. The number of nitrogens with zero attached hydrogens (tertiary/aromatic N) is 2. The lowest BCUT2D eigenvalue weighted by molar-refractivity contribution is -0.605. The molecule has 0 saturated heterocycles. The van der Waals surface area contributed by atoms with Crippen LogP contribution in [0.15, 0.2) is 77.7 Å². The molecule has 0 saturated carbocycles. The van der Waals surface area contributed by atoms with Crippen molar-refractivity contribution in [3.05, 3.63) is 95.2 Å². The van der Waals surface area contributed by atoms with E-state index in [9.17, 15) is 0 Å². The maximum atomic E-state index is 6.14. The molecule has 0 bridgehead atoms. The molecule has 3 aromatic rings. The van der Waals surface area contributed by atoms with E-state index < -0.39 is 0 Å². The maximum Gasteiger partial charge on any atom is 0.374 e. The fourth-order valence-corrected chi connectivity index (χ4v) is 5.83. The SMILES string of the molecule is C=Cc1c(C=C2Sc3cccc4c3N2CCC4)cc(OCCN)[n+](-c2ccccc2)c1C=C. The summed E-state index contributed by atoms with van der Waals surface area (Å²) in [5.74, 6) is 0.735. The number of para-hydroxylation sites is 2. The number of pyridine rings is 1. The van der Waals surface area contributed by atoms with Crippen LogP contribution in [0.2, 0.25) is 0 Å². The molecular weight excluding hydrogens is 426 g/mol. The second-order valence-electron chi connectivity index (χ2n) is 8.06. The summed E-state index contributed by atoms with van der Waals surface area (Å²) in [5, 5.41) is 1.23. The molecular formula is C28H28N3OS+. The molecule has 4 nitrogen and oxygen atoms in total. The highest BCUT2D eigenvalue weighted by Crippen LogP contribution is 2.50. The van der Waals surface area contributed by atoms with E-state index in [0.29, 0.717) is 13.2 Å². The van der Waals surface area contributed by atoms with Crippen LogP contribution in [-0.2, 0) is 6.42 Å². The molecule has 166 valence electrons. The van der Waals surface area contributed by atoms with Crippen LogP contribution in [0.4, 0.5) is 5.69 Å². The highest BCUT2D eigenvalue weighted by atomic mass is 32.2. The van der Waals surface area contributed by atoms with E-state index in [1.807, 2.05) is 42.1 Å². The van der Waals surface area contributed by atoms with Gasteiger partial charge in [0.15, 0.2) is 0 Å². The summed E-state index contributed by atoms with van der Waals surface area (Å²) < 4.78 is 8.22. The molecule has 2 aliphatic rings. The quantitative estimate of drug-likeness (QED) is 0.483. The zero-order chi connectivity index (χ0) is 22.8. The molecule has 0 atom stereocenters. The van der Waals surface area contributed by atoms with Gasteiger partial charge >= 0.3 is 5.88 Å². The van der Waals surface area contributed by atoms with E-state index in [1.54, 1.807) is 0 Å². The first kappa shape index (κ1) is 21.6. The molecule has 33 heavy (non-hydrogen) atoms. The molecule has 1 aromatic heterocycles. The van der Waals surface area contributed by atoms with E-state index in [1.165, 1.54) is 21.2 Å². The first-order valence-corrected chi connectivity index (χ1v) is 12.1. The summed E-state index contributed by atoms with van der Waals surface area (Å²) >= 11 is 1.83. The minimum Gasteiger partial charge on any atom is -0.443 e. The zero-order valence-corrected chi connectivity index (χ0v) is 19.5. The molecule has 0 spiro atoms. The van der Waals surface area contributed by atoms with Crippen molar-refractivity contribution in [2.75, 3.05) is 24.6 Å². The van der Waals surface area contributed by atoms with Crippen LogP contribution in [0.5, 0.6) is 5.88 Å². The Bertz CT molecular complexity index is 1250. The number of aryl methyl sites for hydroxylation is 1. The van der Waals surface area contributed by atoms with Crippen molar-refractivity contribution >= 4 is 35.7 Å². The molecule has 2 N–H and O–H groups in total. The lowest BCUT2D eigenvalue weighted by Crippen LogP contribution is -2.38. The summed E-state index contributed by atoms with van der Waals surface area (Å²) in [6.45, 7) is 10.2. The smallest absolute Gasteiger partial charge is 0.374 e.